The fourth-order valence-corrected chi connectivity index (χ4v) is 7.45. The molecule has 0 bridgehead atoms. The molecule has 1 aliphatic carbocycles. The molecular formula is C41H65NO4. The van der Waals surface area contributed by atoms with Crippen LogP contribution in [0.25, 0.3) is 0 Å². The van der Waals surface area contributed by atoms with E-state index >= 15 is 0 Å². The largest absolute Gasteiger partial charge is 0.474 e. The van der Waals surface area contributed by atoms with Crippen molar-refractivity contribution in [1.82, 2.24) is 5.32 Å². The average molecular weight is 636 g/mol. The van der Waals surface area contributed by atoms with Crippen LogP contribution >= 0.6 is 0 Å². The van der Waals surface area contributed by atoms with Crippen molar-refractivity contribution in [1.29, 1.82) is 0 Å². The van der Waals surface area contributed by atoms with Crippen molar-refractivity contribution >= 4 is 17.3 Å². The van der Waals surface area contributed by atoms with Crippen molar-refractivity contribution in [2.24, 2.45) is 34.5 Å². The lowest BCUT2D eigenvalue weighted by atomic mass is 9.77. The van der Waals surface area contributed by atoms with E-state index in [4.69, 9.17) is 4.74 Å². The Morgan fingerprint density at radius 1 is 0.913 bits per heavy atom. The number of hydrogen-bond donors (Lipinski definition) is 1. The summed E-state index contributed by atoms with van der Waals surface area (Å²) in [6.45, 7) is 28.9. The predicted molar refractivity (Wildman–Crippen MR) is 191 cm³/mol. The molecule has 1 aromatic rings. The molecule has 0 amide bonds. The summed E-state index contributed by atoms with van der Waals surface area (Å²) in [6, 6.07) is 9.88. The highest BCUT2D eigenvalue weighted by molar-refractivity contribution is 5.97. The molecule has 1 aliphatic rings. The normalized spacial score (nSPS) is 19.4. The van der Waals surface area contributed by atoms with Crippen LogP contribution in [0.5, 0.6) is 0 Å². The van der Waals surface area contributed by atoms with Crippen LogP contribution in [0.2, 0.25) is 0 Å². The zero-order valence-corrected chi connectivity index (χ0v) is 30.9. The van der Waals surface area contributed by atoms with Gasteiger partial charge in [0, 0.05) is 25.2 Å². The highest BCUT2D eigenvalue weighted by atomic mass is 16.5. The highest BCUT2D eigenvalue weighted by Crippen LogP contribution is 2.64. The molecule has 5 nitrogen and oxygen atoms in total. The number of benzene rings is 1. The van der Waals surface area contributed by atoms with Crippen LogP contribution < -0.4 is 5.32 Å². The molecule has 5 heteroatoms. The number of Topliss-reactive ketones (excluding diaryl/α,β-unsaturated/α-hetero) is 3. The van der Waals surface area contributed by atoms with E-state index < -0.39 is 23.0 Å². The van der Waals surface area contributed by atoms with Crippen molar-refractivity contribution in [3.8, 4) is 0 Å². The second kappa shape index (κ2) is 16.9. The van der Waals surface area contributed by atoms with Crippen molar-refractivity contribution in [2.45, 2.75) is 145 Å². The molecule has 258 valence electrons. The molecule has 0 heterocycles. The molecule has 46 heavy (non-hydrogen) atoms. The molecule has 0 radical (unpaired) electrons. The van der Waals surface area contributed by atoms with Crippen LogP contribution in [0.4, 0.5) is 0 Å². The summed E-state index contributed by atoms with van der Waals surface area (Å²) in [7, 11) is 0. The van der Waals surface area contributed by atoms with Crippen molar-refractivity contribution < 1.29 is 19.1 Å². The van der Waals surface area contributed by atoms with Crippen molar-refractivity contribution in [3.05, 3.63) is 60.5 Å². The molecule has 0 saturated heterocycles. The Kier molecular flexibility index (Phi) is 14.5. The molecule has 0 aliphatic heterocycles. The lowest BCUT2D eigenvalue weighted by Crippen LogP contribution is -2.48. The third-order valence-corrected chi connectivity index (χ3v) is 9.92. The molecular weight excluding hydrogens is 570 g/mol. The molecule has 2 rings (SSSR count). The van der Waals surface area contributed by atoms with E-state index in [1.54, 1.807) is 0 Å². The summed E-state index contributed by atoms with van der Waals surface area (Å²) in [5.41, 5.74) is 1.03. The maximum atomic E-state index is 14.3. The summed E-state index contributed by atoms with van der Waals surface area (Å²) in [5.74, 6) is 0.473. The molecule has 1 fully saturated rings. The first kappa shape index (κ1) is 39.5. The summed E-state index contributed by atoms with van der Waals surface area (Å²) in [6.07, 6.45) is 7.36. The SMILES string of the molecule is C=C(NC(C(=O)CC(C(=O)CC(CCC)C(=C)C(=O)CCCCCc1ccccc1)C1C(CC)C1(C)C)C(C)(C)C)OC(C)(C)C. The number of nitrogens with one attached hydrogen (secondary N) is 1. The van der Waals surface area contributed by atoms with Gasteiger partial charge >= 0.3 is 0 Å². The summed E-state index contributed by atoms with van der Waals surface area (Å²) < 4.78 is 5.92. The minimum atomic E-state index is -0.551. The monoisotopic (exact) mass is 635 g/mol. The standard InChI is InChI=1S/C41H65NO4/c1-13-21-31(28(3)34(43)25-20-16-19-24-30-22-17-15-18-23-30)26-35(44)32(37-33(14-2)41(37,11)12)27-36(45)38(39(5,6)7)42-29(4)46-40(8,9)10/h15,17-18,22-23,31-33,37-38,42H,3-4,13-14,16,19-21,24-27H2,1-2,5-12H3. The van der Waals surface area contributed by atoms with Crippen LogP contribution in [-0.2, 0) is 25.5 Å². The topological polar surface area (TPSA) is 72.5 Å². The molecule has 0 aromatic heterocycles. The van der Waals surface area contributed by atoms with Gasteiger partial charge in [-0.05, 0) is 92.8 Å². The maximum absolute atomic E-state index is 14.3. The average Bonchev–Trinajstić information content (AvgIpc) is 3.51. The summed E-state index contributed by atoms with van der Waals surface area (Å²) >= 11 is 0. The van der Waals surface area contributed by atoms with E-state index in [2.05, 4.69) is 70.4 Å². The Labute approximate surface area is 281 Å². The zero-order chi connectivity index (χ0) is 34.9. The zero-order valence-electron chi connectivity index (χ0n) is 30.9. The van der Waals surface area contributed by atoms with Gasteiger partial charge in [0.05, 0.1) is 6.04 Å². The smallest absolute Gasteiger partial charge is 0.180 e. The number of ketones is 3. The Morgan fingerprint density at radius 3 is 2.07 bits per heavy atom. The van der Waals surface area contributed by atoms with Gasteiger partial charge in [-0.15, -0.1) is 0 Å². The predicted octanol–water partition coefficient (Wildman–Crippen LogP) is 9.84. The molecule has 1 saturated carbocycles. The molecule has 1 N–H and O–H groups in total. The number of unbranched alkanes of at least 4 members (excludes halogenated alkanes) is 2. The van der Waals surface area contributed by atoms with Gasteiger partial charge in [0.25, 0.3) is 0 Å². The van der Waals surface area contributed by atoms with Crippen molar-refractivity contribution in [2.75, 3.05) is 0 Å². The van der Waals surface area contributed by atoms with E-state index in [0.717, 1.165) is 44.9 Å². The Balaban J connectivity index is 2.15. The number of carbonyl (C=O) groups is 3. The quantitative estimate of drug-likeness (QED) is 0.0827. The number of allylic oxidation sites excluding steroid dienone is 1. The minimum absolute atomic E-state index is 0.000454. The number of ether oxygens (including phenoxy) is 1. The number of rotatable bonds is 21. The summed E-state index contributed by atoms with van der Waals surface area (Å²) in [4.78, 5) is 41.6. The van der Waals surface area contributed by atoms with Crippen molar-refractivity contribution in [3.63, 3.8) is 0 Å². The van der Waals surface area contributed by atoms with Crippen LogP contribution in [0.15, 0.2) is 54.9 Å². The van der Waals surface area contributed by atoms with Crippen LogP contribution in [0, 0.1) is 34.5 Å². The first-order valence-electron chi connectivity index (χ1n) is 17.8. The van der Waals surface area contributed by atoms with E-state index in [-0.39, 0.29) is 47.4 Å². The second-order valence-corrected chi connectivity index (χ2v) is 16.4. The highest BCUT2D eigenvalue weighted by Gasteiger charge is 2.61. The van der Waals surface area contributed by atoms with E-state index in [1.165, 1.54) is 5.56 Å². The molecule has 1 aromatic carbocycles. The van der Waals surface area contributed by atoms with Gasteiger partial charge in [-0.3, -0.25) is 14.4 Å². The Bertz CT molecular complexity index is 1180. The Hall–Kier alpha value is -2.69. The van der Waals surface area contributed by atoms with Crippen LogP contribution in [0.1, 0.15) is 133 Å². The maximum Gasteiger partial charge on any atom is 0.180 e. The fourth-order valence-electron chi connectivity index (χ4n) is 7.45. The minimum Gasteiger partial charge on any atom is -0.474 e. The Morgan fingerprint density at radius 2 is 1.54 bits per heavy atom. The second-order valence-electron chi connectivity index (χ2n) is 16.4. The van der Waals surface area contributed by atoms with Crippen LogP contribution in [0.3, 0.4) is 0 Å². The van der Waals surface area contributed by atoms with Gasteiger partial charge in [0.2, 0.25) is 0 Å². The molecule has 0 spiro atoms. The third kappa shape index (κ3) is 11.8. The fraction of sp³-hybridized carbons (Fsp3) is 0.683. The third-order valence-electron chi connectivity index (χ3n) is 9.92. The van der Waals surface area contributed by atoms with Gasteiger partial charge < -0.3 is 10.1 Å². The van der Waals surface area contributed by atoms with E-state index in [1.807, 2.05) is 47.6 Å². The van der Waals surface area contributed by atoms with Gasteiger partial charge in [0.1, 0.15) is 11.4 Å². The molecule has 5 unspecified atom stereocenters. The van der Waals surface area contributed by atoms with E-state index in [0.29, 0.717) is 23.8 Å². The first-order valence-corrected chi connectivity index (χ1v) is 17.8. The van der Waals surface area contributed by atoms with Gasteiger partial charge in [-0.1, -0.05) is 105 Å². The lowest BCUT2D eigenvalue weighted by Gasteiger charge is -2.34. The van der Waals surface area contributed by atoms with Gasteiger partial charge in [0.15, 0.2) is 17.4 Å². The van der Waals surface area contributed by atoms with Crippen LogP contribution in [-0.4, -0.2) is 29.0 Å². The number of hydrogen-bond acceptors (Lipinski definition) is 5. The summed E-state index contributed by atoms with van der Waals surface area (Å²) in [5, 5.41) is 3.26. The lowest BCUT2D eigenvalue weighted by molar-refractivity contribution is -0.132. The van der Waals surface area contributed by atoms with Gasteiger partial charge in [-0.25, -0.2) is 0 Å². The number of aryl methyl sites for hydroxylation is 1. The van der Waals surface area contributed by atoms with E-state index in [9.17, 15) is 14.4 Å². The van der Waals surface area contributed by atoms with Gasteiger partial charge in [-0.2, -0.15) is 0 Å². The molecule has 5 atom stereocenters. The number of carbonyl (C=O) groups excluding carboxylic acids is 3. The first-order chi connectivity index (χ1) is 21.3.